The average molecular weight is 210 g/mol. The Morgan fingerprint density at radius 2 is 1.60 bits per heavy atom. The van der Waals surface area contributed by atoms with Gasteiger partial charge in [-0.3, -0.25) is 4.79 Å². The van der Waals surface area contributed by atoms with Crippen LogP contribution in [0.2, 0.25) is 0 Å². The Balaban J connectivity index is 2.53. The summed E-state index contributed by atoms with van der Waals surface area (Å²) in [6, 6.07) is 0. The van der Waals surface area contributed by atoms with E-state index in [0.29, 0.717) is 11.7 Å². The molecule has 1 rings (SSSR count). The van der Waals surface area contributed by atoms with Gasteiger partial charge < -0.3 is 0 Å². The molecule has 0 radical (unpaired) electrons. The van der Waals surface area contributed by atoms with Crippen molar-refractivity contribution in [2.24, 2.45) is 23.7 Å². The number of Topliss-reactive ketones (excluding diaryl/α,β-unsaturated/α-hetero) is 1. The molecule has 0 aromatic rings. The Bertz CT molecular complexity index is 205. The maximum absolute atomic E-state index is 11.5. The summed E-state index contributed by atoms with van der Waals surface area (Å²) in [5.74, 6) is 3.49. The van der Waals surface area contributed by atoms with Crippen molar-refractivity contribution in [3.05, 3.63) is 0 Å². The standard InChI is InChI=1S/C14H26O/c1-10(2)7-12-5-6-14(15)9-13(12)8-11(3)4/h10-13H,5-9H2,1-4H3. The van der Waals surface area contributed by atoms with E-state index in [1.165, 1.54) is 12.8 Å². The lowest BCUT2D eigenvalue weighted by atomic mass is 9.72. The van der Waals surface area contributed by atoms with Crippen molar-refractivity contribution in [1.29, 1.82) is 0 Å². The second kappa shape index (κ2) is 5.67. The molecule has 88 valence electrons. The van der Waals surface area contributed by atoms with Gasteiger partial charge in [-0.05, 0) is 42.9 Å². The van der Waals surface area contributed by atoms with E-state index in [2.05, 4.69) is 27.7 Å². The minimum absolute atomic E-state index is 0.501. The third-order valence-corrected chi connectivity index (χ3v) is 3.50. The van der Waals surface area contributed by atoms with E-state index in [1.807, 2.05) is 0 Å². The molecule has 1 fully saturated rings. The monoisotopic (exact) mass is 210 g/mol. The van der Waals surface area contributed by atoms with Crippen LogP contribution >= 0.6 is 0 Å². The number of carbonyl (C=O) groups is 1. The molecule has 0 aromatic carbocycles. The average Bonchev–Trinajstić information content (AvgIpc) is 2.08. The maximum atomic E-state index is 11.5. The van der Waals surface area contributed by atoms with Crippen LogP contribution in [0.5, 0.6) is 0 Å². The van der Waals surface area contributed by atoms with Crippen molar-refractivity contribution in [2.75, 3.05) is 0 Å². The van der Waals surface area contributed by atoms with Gasteiger partial charge in [0.2, 0.25) is 0 Å². The van der Waals surface area contributed by atoms with E-state index in [9.17, 15) is 4.79 Å². The van der Waals surface area contributed by atoms with E-state index >= 15 is 0 Å². The van der Waals surface area contributed by atoms with Crippen molar-refractivity contribution in [1.82, 2.24) is 0 Å². The van der Waals surface area contributed by atoms with Crippen molar-refractivity contribution in [3.8, 4) is 0 Å². The van der Waals surface area contributed by atoms with Gasteiger partial charge in [0, 0.05) is 12.8 Å². The van der Waals surface area contributed by atoms with Crippen LogP contribution in [0.1, 0.15) is 59.8 Å². The van der Waals surface area contributed by atoms with Crippen LogP contribution in [-0.4, -0.2) is 5.78 Å². The molecule has 2 unspecified atom stereocenters. The van der Waals surface area contributed by atoms with Gasteiger partial charge in [0.25, 0.3) is 0 Å². The summed E-state index contributed by atoms with van der Waals surface area (Å²) in [4.78, 5) is 11.5. The molecule has 1 heteroatoms. The van der Waals surface area contributed by atoms with Gasteiger partial charge in [-0.15, -0.1) is 0 Å². The SMILES string of the molecule is CC(C)CC1CCC(=O)CC1CC(C)C. The lowest BCUT2D eigenvalue weighted by molar-refractivity contribution is -0.123. The highest BCUT2D eigenvalue weighted by atomic mass is 16.1. The molecule has 0 saturated heterocycles. The Morgan fingerprint density at radius 3 is 2.13 bits per heavy atom. The van der Waals surface area contributed by atoms with Gasteiger partial charge in [0.1, 0.15) is 5.78 Å². The fraction of sp³-hybridized carbons (Fsp3) is 0.929. The molecule has 0 N–H and O–H groups in total. The molecular weight excluding hydrogens is 184 g/mol. The molecule has 2 atom stereocenters. The smallest absolute Gasteiger partial charge is 0.133 e. The van der Waals surface area contributed by atoms with Crippen LogP contribution in [0, 0.1) is 23.7 Å². The van der Waals surface area contributed by atoms with Gasteiger partial charge in [-0.25, -0.2) is 0 Å². The molecule has 1 aliphatic carbocycles. The first-order valence-corrected chi connectivity index (χ1v) is 6.50. The van der Waals surface area contributed by atoms with Crippen molar-refractivity contribution in [2.45, 2.75) is 59.8 Å². The molecule has 0 aliphatic heterocycles. The van der Waals surface area contributed by atoms with E-state index in [0.717, 1.165) is 37.0 Å². The number of rotatable bonds is 4. The predicted molar refractivity (Wildman–Crippen MR) is 64.7 cm³/mol. The van der Waals surface area contributed by atoms with E-state index in [1.54, 1.807) is 0 Å². The number of ketones is 1. The minimum atomic E-state index is 0.501. The highest BCUT2D eigenvalue weighted by Gasteiger charge is 2.29. The molecule has 0 amide bonds. The first-order valence-electron chi connectivity index (χ1n) is 6.50. The molecule has 0 bridgehead atoms. The van der Waals surface area contributed by atoms with Crippen molar-refractivity contribution < 1.29 is 4.79 Å². The highest BCUT2D eigenvalue weighted by Crippen LogP contribution is 2.36. The molecule has 0 aromatic heterocycles. The summed E-state index contributed by atoms with van der Waals surface area (Å²) in [5, 5.41) is 0. The first-order chi connectivity index (χ1) is 6.99. The second-order valence-electron chi connectivity index (χ2n) is 6.06. The first kappa shape index (κ1) is 12.7. The van der Waals surface area contributed by atoms with Gasteiger partial charge in [-0.1, -0.05) is 27.7 Å². The topological polar surface area (TPSA) is 17.1 Å². The molecule has 1 aliphatic rings. The Hall–Kier alpha value is -0.330. The van der Waals surface area contributed by atoms with Gasteiger partial charge >= 0.3 is 0 Å². The highest BCUT2D eigenvalue weighted by molar-refractivity contribution is 5.79. The Kier molecular flexibility index (Phi) is 4.82. The minimum Gasteiger partial charge on any atom is -0.300 e. The summed E-state index contributed by atoms with van der Waals surface area (Å²) in [6.45, 7) is 9.13. The zero-order chi connectivity index (χ0) is 11.4. The number of hydrogen-bond donors (Lipinski definition) is 0. The maximum Gasteiger partial charge on any atom is 0.133 e. The van der Waals surface area contributed by atoms with Crippen LogP contribution in [0.3, 0.4) is 0 Å². The molecule has 1 saturated carbocycles. The fourth-order valence-electron chi connectivity index (χ4n) is 2.94. The summed E-state index contributed by atoms with van der Waals surface area (Å²) in [6.07, 6.45) is 5.39. The van der Waals surface area contributed by atoms with Gasteiger partial charge in [0.15, 0.2) is 0 Å². The van der Waals surface area contributed by atoms with E-state index < -0.39 is 0 Å². The summed E-state index contributed by atoms with van der Waals surface area (Å²) in [7, 11) is 0. The van der Waals surface area contributed by atoms with Gasteiger partial charge in [0.05, 0.1) is 0 Å². The van der Waals surface area contributed by atoms with Crippen molar-refractivity contribution >= 4 is 5.78 Å². The van der Waals surface area contributed by atoms with Crippen LogP contribution in [0.4, 0.5) is 0 Å². The second-order valence-corrected chi connectivity index (χ2v) is 6.06. The lowest BCUT2D eigenvalue weighted by Gasteiger charge is -2.33. The summed E-state index contributed by atoms with van der Waals surface area (Å²) >= 11 is 0. The van der Waals surface area contributed by atoms with Crippen LogP contribution in [0.15, 0.2) is 0 Å². The van der Waals surface area contributed by atoms with Crippen LogP contribution in [0.25, 0.3) is 0 Å². The molecule has 0 heterocycles. The normalized spacial score (nSPS) is 27.7. The molecule has 0 spiro atoms. The molecule has 1 nitrogen and oxygen atoms in total. The van der Waals surface area contributed by atoms with Gasteiger partial charge in [-0.2, -0.15) is 0 Å². The number of hydrogen-bond acceptors (Lipinski definition) is 1. The largest absolute Gasteiger partial charge is 0.300 e. The quantitative estimate of drug-likeness (QED) is 0.683. The third-order valence-electron chi connectivity index (χ3n) is 3.50. The lowest BCUT2D eigenvalue weighted by Crippen LogP contribution is -2.27. The Labute approximate surface area is 94.6 Å². The van der Waals surface area contributed by atoms with Crippen LogP contribution in [-0.2, 0) is 4.79 Å². The zero-order valence-corrected chi connectivity index (χ0v) is 10.8. The fourth-order valence-corrected chi connectivity index (χ4v) is 2.94. The third kappa shape index (κ3) is 4.36. The molecule has 15 heavy (non-hydrogen) atoms. The zero-order valence-electron chi connectivity index (χ0n) is 10.8. The van der Waals surface area contributed by atoms with Crippen molar-refractivity contribution in [3.63, 3.8) is 0 Å². The van der Waals surface area contributed by atoms with E-state index in [4.69, 9.17) is 0 Å². The molecular formula is C14H26O. The predicted octanol–water partition coefficient (Wildman–Crippen LogP) is 4.06. The summed E-state index contributed by atoms with van der Waals surface area (Å²) < 4.78 is 0. The Morgan fingerprint density at radius 1 is 1.07 bits per heavy atom. The number of carbonyl (C=O) groups excluding carboxylic acids is 1. The van der Waals surface area contributed by atoms with E-state index in [-0.39, 0.29) is 0 Å². The summed E-state index contributed by atoms with van der Waals surface area (Å²) in [5.41, 5.74) is 0. The van der Waals surface area contributed by atoms with Crippen LogP contribution < -0.4 is 0 Å².